The van der Waals surface area contributed by atoms with Crippen LogP contribution in [0.15, 0.2) is 22.0 Å². The van der Waals surface area contributed by atoms with Crippen LogP contribution in [0.4, 0.5) is 4.39 Å². The summed E-state index contributed by atoms with van der Waals surface area (Å²) in [6, 6.07) is 0. The first kappa shape index (κ1) is 9.89. The molecule has 10 heavy (non-hydrogen) atoms. The van der Waals surface area contributed by atoms with Crippen molar-refractivity contribution in [2.45, 2.75) is 27.2 Å². The van der Waals surface area contributed by atoms with Crippen molar-refractivity contribution in [1.29, 1.82) is 0 Å². The van der Waals surface area contributed by atoms with Crippen molar-refractivity contribution in [2.75, 3.05) is 0 Å². The van der Waals surface area contributed by atoms with E-state index in [4.69, 9.17) is 0 Å². The summed E-state index contributed by atoms with van der Waals surface area (Å²) in [6.07, 6.45) is 2.34. The second-order valence-electron chi connectivity index (χ2n) is 2.29. The monoisotopic (exact) mass is 206 g/mol. The zero-order chi connectivity index (χ0) is 8.15. The highest BCUT2D eigenvalue weighted by Gasteiger charge is 1.93. The first-order valence-corrected chi connectivity index (χ1v) is 4.06. The van der Waals surface area contributed by atoms with Crippen LogP contribution in [0, 0.1) is 0 Å². The van der Waals surface area contributed by atoms with E-state index < -0.39 is 0 Å². The van der Waals surface area contributed by atoms with E-state index in [1.165, 1.54) is 6.08 Å². The maximum absolute atomic E-state index is 12.7. The molecule has 0 aromatic heterocycles. The summed E-state index contributed by atoms with van der Waals surface area (Å²) in [7, 11) is 0. The molecule has 0 heterocycles. The predicted molar refractivity (Wildman–Crippen MR) is 46.8 cm³/mol. The maximum Gasteiger partial charge on any atom is 0.122 e. The Balaban J connectivity index is 4.27. The molecule has 0 bridgehead atoms. The van der Waals surface area contributed by atoms with Gasteiger partial charge in [0.05, 0.1) is 0 Å². The Bertz CT molecular complexity index is 164. The third kappa shape index (κ3) is 3.83. The number of halogens is 2. The van der Waals surface area contributed by atoms with Crippen molar-refractivity contribution in [3.05, 3.63) is 22.0 Å². The Labute approximate surface area is 69.9 Å². The van der Waals surface area contributed by atoms with Crippen molar-refractivity contribution in [1.82, 2.24) is 0 Å². The smallest absolute Gasteiger partial charge is 0.122 e. The van der Waals surface area contributed by atoms with E-state index in [0.717, 1.165) is 10.9 Å². The van der Waals surface area contributed by atoms with Gasteiger partial charge in [-0.2, -0.15) is 0 Å². The molecule has 0 unspecified atom stereocenters. The van der Waals surface area contributed by atoms with Gasteiger partial charge in [0.1, 0.15) is 5.83 Å². The van der Waals surface area contributed by atoms with Gasteiger partial charge >= 0.3 is 0 Å². The van der Waals surface area contributed by atoms with Gasteiger partial charge in [-0.1, -0.05) is 22.9 Å². The highest BCUT2D eigenvalue weighted by atomic mass is 79.9. The molecule has 0 aliphatic carbocycles. The van der Waals surface area contributed by atoms with Crippen molar-refractivity contribution >= 4 is 15.9 Å². The fraction of sp³-hybridized carbons (Fsp3) is 0.500. The minimum absolute atomic E-state index is 0.145. The van der Waals surface area contributed by atoms with E-state index in [9.17, 15) is 4.39 Å². The Morgan fingerprint density at radius 3 is 2.30 bits per heavy atom. The molecule has 0 aromatic carbocycles. The minimum Gasteiger partial charge on any atom is -0.207 e. The number of hydrogen-bond donors (Lipinski definition) is 0. The summed E-state index contributed by atoms with van der Waals surface area (Å²) in [5.74, 6) is -0.145. The van der Waals surface area contributed by atoms with Crippen molar-refractivity contribution in [2.24, 2.45) is 0 Å². The first-order valence-electron chi connectivity index (χ1n) is 3.27. The Kier molecular flexibility index (Phi) is 4.62. The average Bonchev–Trinajstić information content (AvgIpc) is 1.87. The maximum atomic E-state index is 12.7. The number of hydrogen-bond acceptors (Lipinski definition) is 0. The summed E-state index contributed by atoms with van der Waals surface area (Å²) in [4.78, 5) is 0. The summed E-state index contributed by atoms with van der Waals surface area (Å²) >= 11 is 3.23. The molecule has 0 radical (unpaired) electrons. The van der Waals surface area contributed by atoms with Crippen LogP contribution in [-0.2, 0) is 0 Å². The summed E-state index contributed by atoms with van der Waals surface area (Å²) in [6.45, 7) is 5.47. The molecule has 0 rings (SSSR count). The van der Waals surface area contributed by atoms with Crippen LogP contribution in [0.1, 0.15) is 27.2 Å². The summed E-state index contributed by atoms with van der Waals surface area (Å²) in [5.41, 5.74) is 0.713. The third-order valence-corrected chi connectivity index (χ3v) is 1.89. The SMILES string of the molecule is CC/C(Br)=C\C(F)=C(C)C. The molecular weight excluding hydrogens is 195 g/mol. The Hall–Kier alpha value is -0.110. The van der Waals surface area contributed by atoms with E-state index in [1.807, 2.05) is 6.92 Å². The molecule has 0 aliphatic heterocycles. The van der Waals surface area contributed by atoms with Crippen LogP contribution in [0.25, 0.3) is 0 Å². The molecule has 0 aliphatic rings. The molecule has 0 saturated carbocycles. The van der Waals surface area contributed by atoms with Gasteiger partial charge in [-0.3, -0.25) is 0 Å². The second kappa shape index (κ2) is 4.67. The zero-order valence-electron chi connectivity index (χ0n) is 6.54. The second-order valence-corrected chi connectivity index (χ2v) is 3.31. The molecule has 2 heteroatoms. The summed E-state index contributed by atoms with van der Waals surface area (Å²) in [5, 5.41) is 0. The van der Waals surface area contributed by atoms with E-state index in [-0.39, 0.29) is 5.83 Å². The van der Waals surface area contributed by atoms with Crippen molar-refractivity contribution < 1.29 is 4.39 Å². The molecular formula is C8H12BrF. The van der Waals surface area contributed by atoms with Crippen molar-refractivity contribution in [3.63, 3.8) is 0 Å². The highest BCUT2D eigenvalue weighted by Crippen LogP contribution is 2.15. The average molecular weight is 207 g/mol. The van der Waals surface area contributed by atoms with Crippen LogP contribution in [0.2, 0.25) is 0 Å². The lowest BCUT2D eigenvalue weighted by atomic mass is 10.3. The molecule has 0 atom stereocenters. The topological polar surface area (TPSA) is 0 Å². The molecule has 0 N–H and O–H groups in total. The number of rotatable bonds is 2. The molecule has 0 aromatic rings. The van der Waals surface area contributed by atoms with Crippen LogP contribution < -0.4 is 0 Å². The third-order valence-electron chi connectivity index (χ3n) is 1.10. The van der Waals surface area contributed by atoms with Crippen LogP contribution in [-0.4, -0.2) is 0 Å². The molecule has 58 valence electrons. The Morgan fingerprint density at radius 1 is 1.50 bits per heavy atom. The van der Waals surface area contributed by atoms with Crippen LogP contribution >= 0.6 is 15.9 Å². The largest absolute Gasteiger partial charge is 0.207 e. The van der Waals surface area contributed by atoms with Crippen molar-refractivity contribution in [3.8, 4) is 0 Å². The van der Waals surface area contributed by atoms with Gasteiger partial charge in [0, 0.05) is 0 Å². The zero-order valence-corrected chi connectivity index (χ0v) is 8.13. The first-order chi connectivity index (χ1) is 4.57. The lowest BCUT2D eigenvalue weighted by Crippen LogP contribution is -1.73. The fourth-order valence-corrected chi connectivity index (χ4v) is 0.585. The molecule has 0 nitrogen and oxygen atoms in total. The molecule has 0 amide bonds. The van der Waals surface area contributed by atoms with Crippen LogP contribution in [0.5, 0.6) is 0 Å². The molecule has 0 saturated heterocycles. The van der Waals surface area contributed by atoms with Crippen LogP contribution in [0.3, 0.4) is 0 Å². The van der Waals surface area contributed by atoms with Gasteiger partial charge in [0.2, 0.25) is 0 Å². The van der Waals surface area contributed by atoms with Gasteiger partial charge in [-0.05, 0) is 36.4 Å². The minimum atomic E-state index is -0.145. The summed E-state index contributed by atoms with van der Waals surface area (Å²) < 4.78 is 13.6. The quantitative estimate of drug-likeness (QED) is 0.601. The number of allylic oxidation sites excluding steroid dienone is 4. The van der Waals surface area contributed by atoms with Gasteiger partial charge in [-0.15, -0.1) is 0 Å². The van der Waals surface area contributed by atoms with E-state index in [0.29, 0.717) is 5.57 Å². The lowest BCUT2D eigenvalue weighted by Gasteiger charge is -1.93. The normalized spacial score (nSPS) is 11.5. The van der Waals surface area contributed by atoms with E-state index >= 15 is 0 Å². The van der Waals surface area contributed by atoms with Gasteiger partial charge in [0.25, 0.3) is 0 Å². The van der Waals surface area contributed by atoms with Gasteiger partial charge in [0.15, 0.2) is 0 Å². The fourth-order valence-electron chi connectivity index (χ4n) is 0.384. The predicted octanol–water partition coefficient (Wildman–Crippen LogP) is 3.94. The van der Waals surface area contributed by atoms with E-state index in [2.05, 4.69) is 15.9 Å². The molecule has 0 fully saturated rings. The Morgan fingerprint density at radius 2 is 2.00 bits per heavy atom. The van der Waals surface area contributed by atoms with Gasteiger partial charge < -0.3 is 0 Å². The van der Waals surface area contributed by atoms with E-state index in [1.54, 1.807) is 13.8 Å². The standard InChI is InChI=1S/C8H12BrF/c1-4-7(9)5-8(10)6(2)3/h5H,4H2,1-3H3/b7-5+. The lowest BCUT2D eigenvalue weighted by molar-refractivity contribution is 0.653. The van der Waals surface area contributed by atoms with Gasteiger partial charge in [-0.25, -0.2) is 4.39 Å². The molecule has 0 spiro atoms. The highest BCUT2D eigenvalue weighted by molar-refractivity contribution is 9.11.